The quantitative estimate of drug-likeness (QED) is 0.721. The largest absolute Gasteiger partial charge is 0.340 e. The molecular weight excluding hydrogens is 250 g/mol. The number of aromatic nitrogens is 3. The van der Waals surface area contributed by atoms with Gasteiger partial charge in [0.15, 0.2) is 0 Å². The van der Waals surface area contributed by atoms with Crippen LogP contribution in [-0.4, -0.2) is 14.5 Å². The van der Waals surface area contributed by atoms with Crippen molar-refractivity contribution in [3.63, 3.8) is 0 Å². The van der Waals surface area contributed by atoms with Gasteiger partial charge in [0, 0.05) is 11.9 Å². The maximum Gasteiger partial charge on any atom is 0.277 e. The highest BCUT2D eigenvalue weighted by molar-refractivity contribution is 6.01. The zero-order chi connectivity index (χ0) is 13.9. The Hall–Kier alpha value is -2.10. The van der Waals surface area contributed by atoms with Gasteiger partial charge in [-0.3, -0.25) is 4.79 Å². The van der Waals surface area contributed by atoms with E-state index < -0.39 is 0 Å². The Bertz CT molecular complexity index is 785. The van der Waals surface area contributed by atoms with Crippen LogP contribution < -0.4 is 5.56 Å². The zero-order valence-electron chi connectivity index (χ0n) is 11.7. The average molecular weight is 269 g/mol. The fraction of sp³-hybridized carbons (Fsp3) is 0.375. The second kappa shape index (κ2) is 5.49. The third-order valence-electron chi connectivity index (χ3n) is 3.78. The van der Waals surface area contributed by atoms with Gasteiger partial charge in [0.2, 0.25) is 0 Å². The number of H-pyrrole nitrogens is 1. The van der Waals surface area contributed by atoms with Crippen LogP contribution in [0.4, 0.5) is 0 Å². The smallest absolute Gasteiger partial charge is 0.277 e. The van der Waals surface area contributed by atoms with Crippen LogP contribution >= 0.6 is 0 Å². The van der Waals surface area contributed by atoms with Gasteiger partial charge >= 0.3 is 0 Å². The van der Waals surface area contributed by atoms with E-state index >= 15 is 0 Å². The Labute approximate surface area is 117 Å². The summed E-state index contributed by atoms with van der Waals surface area (Å²) in [6, 6.07) is 8.00. The number of nitrogens with zero attached hydrogens (tertiary/aromatic N) is 2. The van der Waals surface area contributed by atoms with Crippen molar-refractivity contribution in [3.05, 3.63) is 40.9 Å². The second-order valence-electron chi connectivity index (χ2n) is 5.16. The topological polar surface area (TPSA) is 50.7 Å². The van der Waals surface area contributed by atoms with Crippen molar-refractivity contribution in [3.8, 4) is 0 Å². The molecule has 0 saturated carbocycles. The van der Waals surface area contributed by atoms with Crippen molar-refractivity contribution < 1.29 is 0 Å². The lowest BCUT2D eigenvalue weighted by atomic mass is 10.1. The maximum absolute atomic E-state index is 12.6. The standard InChI is InChI=1S/C16H19N3O/c1-2-3-4-7-10-19-13-9-6-5-8-12(13)14-15(16(19)20)18-11-17-14/h5-6,8-9,11H,2-4,7,10H2,1H3,(H,17,18). The summed E-state index contributed by atoms with van der Waals surface area (Å²) in [5, 5.41) is 1.04. The van der Waals surface area contributed by atoms with Gasteiger partial charge in [0.1, 0.15) is 11.0 Å². The lowest BCUT2D eigenvalue weighted by Gasteiger charge is -2.10. The van der Waals surface area contributed by atoms with E-state index in [1.807, 2.05) is 28.8 Å². The fourth-order valence-corrected chi connectivity index (χ4v) is 2.73. The highest BCUT2D eigenvalue weighted by Gasteiger charge is 2.11. The Morgan fingerprint density at radius 3 is 2.90 bits per heavy atom. The monoisotopic (exact) mass is 269 g/mol. The van der Waals surface area contributed by atoms with E-state index in [4.69, 9.17) is 0 Å². The summed E-state index contributed by atoms with van der Waals surface area (Å²) in [4.78, 5) is 19.8. The normalized spacial score (nSPS) is 11.4. The Morgan fingerprint density at radius 2 is 2.05 bits per heavy atom. The van der Waals surface area contributed by atoms with Crippen molar-refractivity contribution in [1.29, 1.82) is 0 Å². The molecule has 0 fully saturated rings. The van der Waals surface area contributed by atoms with Crippen molar-refractivity contribution in [1.82, 2.24) is 14.5 Å². The predicted octanol–water partition coefficient (Wildman–Crippen LogP) is 3.46. The van der Waals surface area contributed by atoms with Gasteiger partial charge in [0.05, 0.1) is 11.8 Å². The molecule has 1 aromatic carbocycles. The Morgan fingerprint density at radius 1 is 1.20 bits per heavy atom. The van der Waals surface area contributed by atoms with Crippen molar-refractivity contribution >= 4 is 21.9 Å². The molecule has 0 bridgehead atoms. The fourth-order valence-electron chi connectivity index (χ4n) is 2.73. The summed E-state index contributed by atoms with van der Waals surface area (Å²) >= 11 is 0. The van der Waals surface area contributed by atoms with E-state index in [0.29, 0.717) is 5.52 Å². The summed E-state index contributed by atoms with van der Waals surface area (Å²) in [5.41, 5.74) is 2.40. The maximum atomic E-state index is 12.6. The number of fused-ring (bicyclic) bond motifs is 3. The van der Waals surface area contributed by atoms with E-state index in [2.05, 4.69) is 16.9 Å². The van der Waals surface area contributed by atoms with Crippen molar-refractivity contribution in [2.24, 2.45) is 0 Å². The SMILES string of the molecule is CCCCCCn1c(=O)c2[nH]cnc2c2ccccc21. The molecular formula is C16H19N3O. The number of hydrogen-bond donors (Lipinski definition) is 1. The second-order valence-corrected chi connectivity index (χ2v) is 5.16. The molecule has 4 heteroatoms. The number of aromatic amines is 1. The Balaban J connectivity index is 2.12. The van der Waals surface area contributed by atoms with E-state index in [0.717, 1.165) is 35.8 Å². The van der Waals surface area contributed by atoms with Crippen LogP contribution in [0.2, 0.25) is 0 Å². The van der Waals surface area contributed by atoms with E-state index in [1.165, 1.54) is 12.8 Å². The molecule has 2 aromatic heterocycles. The van der Waals surface area contributed by atoms with Gasteiger partial charge in [-0.1, -0.05) is 44.4 Å². The molecule has 3 aromatic rings. The van der Waals surface area contributed by atoms with Crippen molar-refractivity contribution in [2.75, 3.05) is 0 Å². The number of benzene rings is 1. The van der Waals surface area contributed by atoms with Crippen LogP contribution in [0.25, 0.3) is 21.9 Å². The van der Waals surface area contributed by atoms with Crippen LogP contribution in [-0.2, 0) is 6.54 Å². The van der Waals surface area contributed by atoms with Gasteiger partial charge in [-0.05, 0) is 12.5 Å². The minimum Gasteiger partial charge on any atom is -0.340 e. The first-order valence-corrected chi connectivity index (χ1v) is 7.27. The number of hydrogen-bond acceptors (Lipinski definition) is 2. The van der Waals surface area contributed by atoms with Crippen molar-refractivity contribution in [2.45, 2.75) is 39.2 Å². The number of pyridine rings is 1. The third kappa shape index (κ3) is 2.11. The molecule has 0 saturated heterocycles. The molecule has 104 valence electrons. The first kappa shape index (κ1) is 12.9. The molecule has 20 heavy (non-hydrogen) atoms. The summed E-state index contributed by atoms with van der Waals surface area (Å²) in [7, 11) is 0. The molecule has 1 N–H and O–H groups in total. The van der Waals surface area contributed by atoms with Crippen LogP contribution in [0.1, 0.15) is 32.6 Å². The molecule has 0 aliphatic rings. The third-order valence-corrected chi connectivity index (χ3v) is 3.78. The van der Waals surface area contributed by atoms with E-state index in [-0.39, 0.29) is 5.56 Å². The van der Waals surface area contributed by atoms with Gasteiger partial charge < -0.3 is 9.55 Å². The zero-order valence-corrected chi connectivity index (χ0v) is 11.7. The van der Waals surface area contributed by atoms with Gasteiger partial charge in [-0.25, -0.2) is 4.98 Å². The van der Waals surface area contributed by atoms with Gasteiger partial charge in [-0.2, -0.15) is 0 Å². The average Bonchev–Trinajstić information content (AvgIpc) is 2.96. The molecule has 0 atom stereocenters. The number of nitrogens with one attached hydrogen (secondary N) is 1. The highest BCUT2D eigenvalue weighted by atomic mass is 16.1. The summed E-state index contributed by atoms with van der Waals surface area (Å²) in [6.07, 6.45) is 6.23. The number of unbranched alkanes of at least 4 members (excludes halogenated alkanes) is 3. The number of para-hydroxylation sites is 1. The summed E-state index contributed by atoms with van der Waals surface area (Å²) in [6.45, 7) is 2.96. The van der Waals surface area contributed by atoms with Crippen LogP contribution in [0.5, 0.6) is 0 Å². The predicted molar refractivity (Wildman–Crippen MR) is 82.0 cm³/mol. The molecule has 0 aliphatic heterocycles. The minimum absolute atomic E-state index is 0.0349. The highest BCUT2D eigenvalue weighted by Crippen LogP contribution is 2.20. The first-order chi connectivity index (χ1) is 9.83. The molecule has 4 nitrogen and oxygen atoms in total. The molecule has 0 aliphatic carbocycles. The van der Waals surface area contributed by atoms with E-state index in [9.17, 15) is 4.79 Å². The van der Waals surface area contributed by atoms with Crippen LogP contribution in [0, 0.1) is 0 Å². The summed E-state index contributed by atoms with van der Waals surface area (Å²) in [5.74, 6) is 0. The van der Waals surface area contributed by atoms with Gasteiger partial charge in [-0.15, -0.1) is 0 Å². The van der Waals surface area contributed by atoms with Crippen LogP contribution in [0.15, 0.2) is 35.4 Å². The number of rotatable bonds is 5. The molecule has 0 unspecified atom stereocenters. The Kier molecular flexibility index (Phi) is 3.54. The molecule has 0 radical (unpaired) electrons. The van der Waals surface area contributed by atoms with Gasteiger partial charge in [0.25, 0.3) is 5.56 Å². The molecule has 3 rings (SSSR count). The molecule has 0 amide bonds. The molecule has 2 heterocycles. The number of aryl methyl sites for hydroxylation is 1. The van der Waals surface area contributed by atoms with E-state index in [1.54, 1.807) is 6.33 Å². The van der Waals surface area contributed by atoms with Crippen LogP contribution in [0.3, 0.4) is 0 Å². The lowest BCUT2D eigenvalue weighted by Crippen LogP contribution is -2.21. The lowest BCUT2D eigenvalue weighted by molar-refractivity contribution is 0.584. The molecule has 0 spiro atoms. The first-order valence-electron chi connectivity index (χ1n) is 7.27. The summed E-state index contributed by atoms with van der Waals surface area (Å²) < 4.78 is 1.88. The number of imidazole rings is 1. The minimum atomic E-state index is 0.0349.